The van der Waals surface area contributed by atoms with Crippen LogP contribution in [-0.2, 0) is 22.8 Å². The zero-order chi connectivity index (χ0) is 33.4. The molecule has 4 rings (SSSR count). The van der Waals surface area contributed by atoms with Gasteiger partial charge in [0.25, 0.3) is 5.56 Å². The van der Waals surface area contributed by atoms with Crippen LogP contribution in [0.5, 0.6) is 0 Å². The van der Waals surface area contributed by atoms with Gasteiger partial charge in [-0.3, -0.25) is 14.2 Å². The molecule has 0 fully saturated rings. The number of carboxylic acid groups (broad SMARTS) is 1. The van der Waals surface area contributed by atoms with Gasteiger partial charge in [0.2, 0.25) is 5.82 Å². The minimum Gasteiger partial charge on any atom is -0.478 e. The Hall–Kier alpha value is -5.25. The third-order valence-electron chi connectivity index (χ3n) is 6.86. The van der Waals surface area contributed by atoms with Gasteiger partial charge in [0.15, 0.2) is 30.0 Å². The van der Waals surface area contributed by atoms with Crippen LogP contribution in [0.4, 0.5) is 27.6 Å². The summed E-state index contributed by atoms with van der Waals surface area (Å²) in [6.45, 7) is 5.46. The SMILES string of the molecule is C#CCN(Cc1ccc2nc(C)n(COC(=O)C(C)(C)C)c(=O)c2c1)c1c(C(=O)O)cccc1-c1c(F)c(F)c(F)c(F)c1F. The number of esters is 1. The molecular weight excluding hydrogens is 601 g/mol. The normalized spacial score (nSPS) is 11.4. The molecule has 0 atom stereocenters. The van der Waals surface area contributed by atoms with Gasteiger partial charge < -0.3 is 14.7 Å². The third-order valence-corrected chi connectivity index (χ3v) is 6.86. The van der Waals surface area contributed by atoms with E-state index in [4.69, 9.17) is 11.2 Å². The van der Waals surface area contributed by atoms with E-state index in [0.717, 1.165) is 22.8 Å². The van der Waals surface area contributed by atoms with E-state index >= 15 is 0 Å². The van der Waals surface area contributed by atoms with Gasteiger partial charge in [-0.25, -0.2) is 31.7 Å². The van der Waals surface area contributed by atoms with Gasteiger partial charge >= 0.3 is 11.9 Å². The fourth-order valence-corrected chi connectivity index (χ4v) is 4.61. The number of benzene rings is 3. The molecule has 234 valence electrons. The molecule has 0 saturated heterocycles. The van der Waals surface area contributed by atoms with Crippen molar-refractivity contribution in [3.05, 3.63) is 92.8 Å². The molecule has 3 aromatic carbocycles. The van der Waals surface area contributed by atoms with E-state index in [1.54, 1.807) is 33.8 Å². The Morgan fingerprint density at radius 2 is 1.64 bits per heavy atom. The van der Waals surface area contributed by atoms with Gasteiger partial charge in [0.1, 0.15) is 5.82 Å². The second-order valence-corrected chi connectivity index (χ2v) is 11.1. The summed E-state index contributed by atoms with van der Waals surface area (Å²) >= 11 is 0. The van der Waals surface area contributed by atoms with E-state index < -0.39 is 81.1 Å². The van der Waals surface area contributed by atoms with Gasteiger partial charge in [0.05, 0.1) is 39.7 Å². The first-order chi connectivity index (χ1) is 21.1. The molecule has 1 heterocycles. The molecule has 8 nitrogen and oxygen atoms in total. The third kappa shape index (κ3) is 6.22. The van der Waals surface area contributed by atoms with Crippen LogP contribution >= 0.6 is 0 Å². The van der Waals surface area contributed by atoms with Gasteiger partial charge in [0, 0.05) is 12.1 Å². The summed E-state index contributed by atoms with van der Waals surface area (Å²) in [5, 5.41) is 10.0. The highest BCUT2D eigenvalue weighted by molar-refractivity contribution is 6.00. The number of carbonyl (C=O) groups is 2. The summed E-state index contributed by atoms with van der Waals surface area (Å²) < 4.78 is 78.5. The minimum atomic E-state index is -2.37. The van der Waals surface area contributed by atoms with Crippen molar-refractivity contribution in [2.75, 3.05) is 11.4 Å². The monoisotopic (exact) mass is 627 g/mol. The van der Waals surface area contributed by atoms with Crippen molar-refractivity contribution in [1.29, 1.82) is 0 Å². The van der Waals surface area contributed by atoms with Gasteiger partial charge in [-0.1, -0.05) is 24.1 Å². The van der Waals surface area contributed by atoms with E-state index in [1.165, 1.54) is 17.0 Å². The molecule has 0 aliphatic heterocycles. The van der Waals surface area contributed by atoms with Gasteiger partial charge in [-0.2, -0.15) is 0 Å². The topological polar surface area (TPSA) is 102 Å². The molecule has 0 unspecified atom stereocenters. The zero-order valence-corrected chi connectivity index (χ0v) is 24.5. The Morgan fingerprint density at radius 3 is 2.22 bits per heavy atom. The van der Waals surface area contributed by atoms with E-state index in [9.17, 15) is 41.4 Å². The molecule has 13 heteroatoms. The number of carbonyl (C=O) groups excluding carboxylic acids is 1. The number of carboxylic acids is 1. The fourth-order valence-electron chi connectivity index (χ4n) is 4.61. The van der Waals surface area contributed by atoms with Crippen molar-refractivity contribution in [2.45, 2.75) is 41.0 Å². The van der Waals surface area contributed by atoms with Crippen LogP contribution in [0.3, 0.4) is 0 Å². The Balaban J connectivity index is 1.86. The van der Waals surface area contributed by atoms with E-state index in [2.05, 4.69) is 10.9 Å². The number of fused-ring (bicyclic) bond motifs is 1. The average molecular weight is 628 g/mol. The quantitative estimate of drug-likeness (QED) is 0.0847. The van der Waals surface area contributed by atoms with Crippen LogP contribution in [0.1, 0.15) is 42.5 Å². The first-order valence-electron chi connectivity index (χ1n) is 13.3. The number of terminal acetylenes is 1. The first-order valence-corrected chi connectivity index (χ1v) is 13.3. The van der Waals surface area contributed by atoms with Crippen LogP contribution in [0, 0.1) is 53.8 Å². The highest BCUT2D eigenvalue weighted by Gasteiger charge is 2.31. The molecule has 45 heavy (non-hydrogen) atoms. The average Bonchev–Trinajstić information content (AvgIpc) is 2.98. The second-order valence-electron chi connectivity index (χ2n) is 11.1. The molecule has 0 amide bonds. The lowest BCUT2D eigenvalue weighted by Crippen LogP contribution is -2.30. The van der Waals surface area contributed by atoms with Crippen LogP contribution < -0.4 is 10.5 Å². The van der Waals surface area contributed by atoms with Crippen molar-refractivity contribution < 1.29 is 41.4 Å². The maximum absolute atomic E-state index is 14.9. The Bertz CT molecular complexity index is 1930. The van der Waals surface area contributed by atoms with Crippen molar-refractivity contribution in [3.63, 3.8) is 0 Å². The predicted octanol–water partition coefficient (Wildman–Crippen LogP) is 5.95. The maximum atomic E-state index is 14.9. The molecule has 0 radical (unpaired) electrons. The molecule has 1 N–H and O–H groups in total. The molecule has 0 spiro atoms. The number of halogens is 5. The van der Waals surface area contributed by atoms with Crippen LogP contribution in [-0.4, -0.2) is 33.1 Å². The molecule has 0 saturated carbocycles. The number of aromatic nitrogens is 2. The molecule has 0 aliphatic carbocycles. The van der Waals surface area contributed by atoms with Crippen LogP contribution in [0.2, 0.25) is 0 Å². The zero-order valence-electron chi connectivity index (χ0n) is 24.5. The van der Waals surface area contributed by atoms with E-state index in [-0.39, 0.29) is 29.8 Å². The predicted molar refractivity (Wildman–Crippen MR) is 155 cm³/mol. The number of rotatable bonds is 8. The number of hydrogen-bond donors (Lipinski definition) is 1. The van der Waals surface area contributed by atoms with E-state index in [0.29, 0.717) is 5.56 Å². The number of hydrogen-bond acceptors (Lipinski definition) is 6. The molecule has 0 bridgehead atoms. The summed E-state index contributed by atoms with van der Waals surface area (Å²) in [6.07, 6.45) is 5.54. The summed E-state index contributed by atoms with van der Waals surface area (Å²) in [7, 11) is 0. The summed E-state index contributed by atoms with van der Waals surface area (Å²) in [5.74, 6) is -10.6. The highest BCUT2D eigenvalue weighted by Crippen LogP contribution is 2.40. The summed E-state index contributed by atoms with van der Waals surface area (Å²) in [4.78, 5) is 43.5. The lowest BCUT2D eigenvalue weighted by atomic mass is 9.96. The van der Waals surface area contributed by atoms with Crippen molar-refractivity contribution >= 4 is 28.5 Å². The molecular formula is C32H26F5N3O5. The second kappa shape index (κ2) is 12.4. The van der Waals surface area contributed by atoms with Crippen LogP contribution in [0.15, 0.2) is 41.2 Å². The largest absolute Gasteiger partial charge is 0.478 e. The van der Waals surface area contributed by atoms with Crippen molar-refractivity contribution in [2.24, 2.45) is 5.41 Å². The standard InChI is InChI=1S/C32H26F5N3O5/c1-6-12-39(28-18(8-7-9-19(28)30(42)43)22-23(33)25(35)27(37)26(36)24(22)34)14-17-10-11-21-20(13-17)29(41)40(16(2)38-21)15-45-31(44)32(3,4)5/h1,7-11,13H,12,14-15H2,2-5H3,(H,42,43). The number of nitrogens with zero attached hydrogens (tertiary/aromatic N) is 3. The fraction of sp³-hybridized carbons (Fsp3) is 0.250. The smallest absolute Gasteiger partial charge is 0.337 e. The highest BCUT2D eigenvalue weighted by atomic mass is 19.2. The summed E-state index contributed by atoms with van der Waals surface area (Å²) in [5.41, 5.74) is -3.64. The number of para-hydroxylation sites is 1. The van der Waals surface area contributed by atoms with Gasteiger partial charge in [-0.05, 0) is 51.5 Å². The number of aryl methyl sites for hydroxylation is 1. The van der Waals surface area contributed by atoms with Gasteiger partial charge in [-0.15, -0.1) is 6.42 Å². The minimum absolute atomic E-state index is 0.0945. The number of anilines is 1. The van der Waals surface area contributed by atoms with Crippen molar-refractivity contribution in [3.8, 4) is 23.5 Å². The summed E-state index contributed by atoms with van der Waals surface area (Å²) in [6, 6.07) is 7.66. The lowest BCUT2D eigenvalue weighted by Gasteiger charge is -2.27. The van der Waals surface area contributed by atoms with Crippen LogP contribution in [0.25, 0.3) is 22.0 Å². The Labute approximate surface area is 253 Å². The first kappa shape index (κ1) is 32.7. The number of ether oxygens (including phenoxy) is 1. The molecule has 4 aromatic rings. The maximum Gasteiger partial charge on any atom is 0.337 e. The van der Waals surface area contributed by atoms with Crippen molar-refractivity contribution in [1.82, 2.24) is 9.55 Å². The Kier molecular flexibility index (Phi) is 8.99. The molecule has 1 aromatic heterocycles. The van der Waals surface area contributed by atoms with E-state index in [1.807, 2.05) is 0 Å². The molecule has 0 aliphatic rings. The lowest BCUT2D eigenvalue weighted by molar-refractivity contribution is -0.157. The number of aromatic carboxylic acids is 1. The Morgan fingerprint density at radius 1 is 1.02 bits per heavy atom.